The summed E-state index contributed by atoms with van der Waals surface area (Å²) < 4.78 is 4.84. The molecule has 0 heterocycles. The van der Waals surface area contributed by atoms with Crippen LogP contribution in [0.4, 0.5) is 0 Å². The number of halogens is 2. The van der Waals surface area contributed by atoms with Crippen LogP contribution in [0.3, 0.4) is 0 Å². The Hall–Kier alpha value is -1.26. The van der Waals surface area contributed by atoms with Gasteiger partial charge in [0.1, 0.15) is 5.75 Å². The van der Waals surface area contributed by atoms with Crippen molar-refractivity contribution in [3.63, 3.8) is 0 Å². The van der Waals surface area contributed by atoms with Crippen LogP contribution >= 0.6 is 23.2 Å². The monoisotopic (exact) mass is 248 g/mol. The van der Waals surface area contributed by atoms with Gasteiger partial charge in [-0.25, -0.2) is 4.79 Å². The fourth-order valence-electron chi connectivity index (χ4n) is 0.992. The first-order chi connectivity index (χ1) is 6.97. The van der Waals surface area contributed by atoms with Crippen LogP contribution in [0.25, 0.3) is 0 Å². The Bertz CT molecular complexity index is 405. The van der Waals surface area contributed by atoms with Gasteiger partial charge in [0.15, 0.2) is 0 Å². The highest BCUT2D eigenvalue weighted by atomic mass is 35.5. The van der Waals surface area contributed by atoms with Gasteiger partial charge in [0.2, 0.25) is 0 Å². The Morgan fingerprint density at radius 1 is 1.27 bits per heavy atom. The lowest BCUT2D eigenvalue weighted by molar-refractivity contribution is -0.131. The van der Waals surface area contributed by atoms with Crippen LogP contribution in [-0.2, 0) is 4.79 Å². The van der Waals surface area contributed by atoms with Crippen molar-refractivity contribution in [1.29, 1.82) is 0 Å². The van der Waals surface area contributed by atoms with Crippen molar-refractivity contribution >= 4 is 35.0 Å². The Morgan fingerprint density at radius 2 is 1.73 bits per heavy atom. The zero-order chi connectivity index (χ0) is 11.6. The van der Waals surface area contributed by atoms with Gasteiger partial charge in [0, 0.05) is 0 Å². The Kier molecular flexibility index (Phi) is 3.55. The lowest BCUT2D eigenvalue weighted by atomic mass is 10.1. The molecular formula is C9H6Cl2O4. The summed E-state index contributed by atoms with van der Waals surface area (Å²) in [7, 11) is 1.40. The third kappa shape index (κ3) is 2.40. The van der Waals surface area contributed by atoms with Crippen LogP contribution in [0.2, 0.25) is 10.0 Å². The van der Waals surface area contributed by atoms with Gasteiger partial charge >= 0.3 is 5.97 Å². The maximum Gasteiger partial charge on any atom is 0.377 e. The molecule has 0 bridgehead atoms. The molecule has 1 rings (SSSR count). The topological polar surface area (TPSA) is 63.6 Å². The van der Waals surface area contributed by atoms with Crippen molar-refractivity contribution in [2.45, 2.75) is 0 Å². The van der Waals surface area contributed by atoms with Crippen LogP contribution < -0.4 is 4.74 Å². The average molecular weight is 249 g/mol. The lowest BCUT2D eigenvalue weighted by Gasteiger charge is -2.06. The number of methoxy groups -OCH3 is 1. The molecule has 0 aromatic heterocycles. The summed E-state index contributed by atoms with van der Waals surface area (Å²) in [6, 6.07) is 2.65. The third-order valence-electron chi connectivity index (χ3n) is 1.67. The second-order valence-corrected chi connectivity index (χ2v) is 3.41. The highest BCUT2D eigenvalue weighted by Crippen LogP contribution is 2.30. The van der Waals surface area contributed by atoms with Crippen molar-refractivity contribution in [2.75, 3.05) is 7.11 Å². The van der Waals surface area contributed by atoms with Crippen LogP contribution in [0.1, 0.15) is 10.4 Å². The predicted octanol–water partition coefficient (Wildman–Crippen LogP) is 2.27. The zero-order valence-electron chi connectivity index (χ0n) is 7.58. The maximum absolute atomic E-state index is 11.2. The number of ether oxygens (including phenoxy) is 1. The minimum atomic E-state index is -1.61. The second-order valence-electron chi connectivity index (χ2n) is 2.60. The van der Waals surface area contributed by atoms with E-state index in [1.54, 1.807) is 0 Å². The van der Waals surface area contributed by atoms with Crippen LogP contribution in [0, 0.1) is 0 Å². The summed E-state index contributed by atoms with van der Waals surface area (Å²) >= 11 is 11.4. The summed E-state index contributed by atoms with van der Waals surface area (Å²) in [4.78, 5) is 21.6. The summed E-state index contributed by atoms with van der Waals surface area (Å²) in [5.74, 6) is -2.40. The molecule has 1 aromatic rings. The van der Waals surface area contributed by atoms with Crippen molar-refractivity contribution < 1.29 is 19.4 Å². The number of carboxylic acids is 1. The van der Waals surface area contributed by atoms with E-state index >= 15 is 0 Å². The summed E-state index contributed by atoms with van der Waals surface area (Å²) in [5, 5.41) is 8.41. The Morgan fingerprint density at radius 3 is 2.07 bits per heavy atom. The molecule has 1 N–H and O–H groups in total. The van der Waals surface area contributed by atoms with E-state index < -0.39 is 11.8 Å². The number of carboxylic acid groups (broad SMARTS) is 1. The van der Waals surface area contributed by atoms with E-state index in [0.717, 1.165) is 0 Å². The third-order valence-corrected chi connectivity index (χ3v) is 2.27. The number of ketones is 1. The Balaban J connectivity index is 3.31. The van der Waals surface area contributed by atoms with Crippen molar-refractivity contribution in [1.82, 2.24) is 0 Å². The number of Topliss-reactive ketones (excluding diaryl/α,β-unsaturated/α-hetero) is 1. The molecule has 0 atom stereocenters. The maximum atomic E-state index is 11.2. The fraction of sp³-hybridized carbons (Fsp3) is 0.111. The molecule has 0 unspecified atom stereocenters. The quantitative estimate of drug-likeness (QED) is 0.659. The van der Waals surface area contributed by atoms with Gasteiger partial charge in [0.05, 0.1) is 22.7 Å². The number of carbonyl (C=O) groups is 2. The minimum Gasteiger partial charge on any atom is -0.497 e. The second kappa shape index (κ2) is 4.51. The van der Waals surface area contributed by atoms with E-state index in [1.165, 1.54) is 19.2 Å². The smallest absolute Gasteiger partial charge is 0.377 e. The number of hydrogen-bond donors (Lipinski definition) is 1. The van der Waals surface area contributed by atoms with E-state index in [2.05, 4.69) is 0 Å². The first kappa shape index (κ1) is 11.8. The summed E-state index contributed by atoms with van der Waals surface area (Å²) in [5.41, 5.74) is -0.230. The van der Waals surface area contributed by atoms with E-state index in [4.69, 9.17) is 33.0 Å². The molecule has 80 valence electrons. The van der Waals surface area contributed by atoms with E-state index in [-0.39, 0.29) is 15.6 Å². The van der Waals surface area contributed by atoms with Gasteiger partial charge in [-0.1, -0.05) is 23.2 Å². The SMILES string of the molecule is COc1cc(Cl)c(C(=O)C(=O)O)c(Cl)c1. The van der Waals surface area contributed by atoms with Gasteiger partial charge in [-0.3, -0.25) is 4.79 Å². The molecule has 0 radical (unpaired) electrons. The fourth-order valence-corrected chi connectivity index (χ4v) is 1.63. The van der Waals surface area contributed by atoms with E-state index in [0.29, 0.717) is 5.75 Å². The molecule has 0 aliphatic heterocycles. The van der Waals surface area contributed by atoms with Crippen molar-refractivity contribution in [3.8, 4) is 5.75 Å². The minimum absolute atomic E-state index is 0.0493. The van der Waals surface area contributed by atoms with Crippen molar-refractivity contribution in [3.05, 3.63) is 27.7 Å². The van der Waals surface area contributed by atoms with Gasteiger partial charge in [-0.05, 0) is 12.1 Å². The number of carbonyl (C=O) groups excluding carboxylic acids is 1. The number of hydrogen-bond acceptors (Lipinski definition) is 3. The van der Waals surface area contributed by atoms with Crippen molar-refractivity contribution in [2.24, 2.45) is 0 Å². The molecule has 0 amide bonds. The van der Waals surface area contributed by atoms with Crippen LogP contribution in [0.15, 0.2) is 12.1 Å². The highest BCUT2D eigenvalue weighted by molar-refractivity contribution is 6.49. The molecule has 0 saturated carbocycles. The van der Waals surface area contributed by atoms with E-state index in [1.807, 2.05) is 0 Å². The average Bonchev–Trinajstić information content (AvgIpc) is 2.16. The first-order valence-corrected chi connectivity index (χ1v) is 4.53. The lowest BCUT2D eigenvalue weighted by Crippen LogP contribution is -2.13. The van der Waals surface area contributed by atoms with E-state index in [9.17, 15) is 9.59 Å². The Labute approximate surface area is 95.4 Å². The first-order valence-electron chi connectivity index (χ1n) is 3.78. The van der Waals surface area contributed by atoms with Gasteiger partial charge < -0.3 is 9.84 Å². The predicted molar refractivity (Wildman–Crippen MR) is 55.0 cm³/mol. The van der Waals surface area contributed by atoms with Gasteiger partial charge in [-0.2, -0.15) is 0 Å². The zero-order valence-corrected chi connectivity index (χ0v) is 9.09. The number of benzene rings is 1. The van der Waals surface area contributed by atoms with Crippen LogP contribution in [-0.4, -0.2) is 24.0 Å². The number of aliphatic carboxylic acids is 1. The highest BCUT2D eigenvalue weighted by Gasteiger charge is 2.22. The normalized spacial score (nSPS) is 9.80. The van der Waals surface area contributed by atoms with Gasteiger partial charge in [-0.15, -0.1) is 0 Å². The molecule has 0 saturated heterocycles. The molecular weight excluding hydrogens is 243 g/mol. The summed E-state index contributed by atoms with van der Waals surface area (Å²) in [6.07, 6.45) is 0. The largest absolute Gasteiger partial charge is 0.497 e. The standard InChI is InChI=1S/C9H6Cl2O4/c1-15-4-2-5(10)7(6(11)3-4)8(12)9(13)14/h2-3H,1H3,(H,13,14). The molecule has 0 aliphatic rings. The molecule has 0 fully saturated rings. The molecule has 15 heavy (non-hydrogen) atoms. The molecule has 0 spiro atoms. The molecule has 0 aliphatic carbocycles. The summed E-state index contributed by atoms with van der Waals surface area (Å²) in [6.45, 7) is 0. The molecule has 6 heteroatoms. The molecule has 1 aromatic carbocycles. The molecule has 4 nitrogen and oxygen atoms in total. The number of rotatable bonds is 3. The van der Waals surface area contributed by atoms with Crippen LogP contribution in [0.5, 0.6) is 5.75 Å². The van der Waals surface area contributed by atoms with Gasteiger partial charge in [0.25, 0.3) is 5.78 Å².